The van der Waals surface area contributed by atoms with Gasteiger partial charge in [-0.05, 0) is 17.5 Å². The summed E-state index contributed by atoms with van der Waals surface area (Å²) in [5.74, 6) is 0.291. The summed E-state index contributed by atoms with van der Waals surface area (Å²) in [6.45, 7) is 1.91. The zero-order valence-corrected chi connectivity index (χ0v) is 12.1. The maximum atomic E-state index is 12.6. The second kappa shape index (κ2) is 5.28. The first-order chi connectivity index (χ1) is 10.1. The summed E-state index contributed by atoms with van der Waals surface area (Å²) >= 11 is 0. The van der Waals surface area contributed by atoms with Crippen molar-refractivity contribution >= 4 is 11.6 Å². The molecule has 0 saturated heterocycles. The van der Waals surface area contributed by atoms with Gasteiger partial charge in [0.25, 0.3) is 0 Å². The van der Waals surface area contributed by atoms with Crippen LogP contribution in [0.5, 0.6) is 0 Å². The number of carbonyl (C=O) groups excluding carboxylic acids is 2. The molecule has 1 aliphatic carbocycles. The van der Waals surface area contributed by atoms with Crippen LogP contribution in [0.15, 0.2) is 54.6 Å². The molecule has 1 aliphatic rings. The Labute approximate surface area is 124 Å². The van der Waals surface area contributed by atoms with Crippen LogP contribution in [0, 0.1) is 5.41 Å². The molecular formula is C19H18O2. The SMILES string of the molecule is CC1(C(=O)c2ccc(-c3ccccc3)cc2)CCC(=O)C1. The molecule has 2 aromatic rings. The van der Waals surface area contributed by atoms with Crippen LogP contribution in [0.1, 0.15) is 36.5 Å². The van der Waals surface area contributed by atoms with E-state index in [1.165, 1.54) is 0 Å². The van der Waals surface area contributed by atoms with E-state index in [0.29, 0.717) is 24.8 Å². The number of hydrogen-bond acceptors (Lipinski definition) is 2. The van der Waals surface area contributed by atoms with Crippen LogP contribution in [-0.2, 0) is 4.79 Å². The standard InChI is InChI=1S/C19H18O2/c1-19(12-11-17(20)13-19)18(21)16-9-7-15(8-10-16)14-5-3-2-4-6-14/h2-10H,11-13H2,1H3. The lowest BCUT2D eigenvalue weighted by Crippen LogP contribution is -2.25. The maximum absolute atomic E-state index is 12.6. The largest absolute Gasteiger partial charge is 0.300 e. The van der Waals surface area contributed by atoms with Gasteiger partial charge in [0, 0.05) is 23.8 Å². The van der Waals surface area contributed by atoms with Crippen molar-refractivity contribution in [3.8, 4) is 11.1 Å². The first-order valence-corrected chi connectivity index (χ1v) is 7.30. The van der Waals surface area contributed by atoms with E-state index in [0.717, 1.165) is 11.1 Å². The molecule has 2 heteroatoms. The highest BCUT2D eigenvalue weighted by molar-refractivity contribution is 6.04. The Kier molecular flexibility index (Phi) is 3.46. The van der Waals surface area contributed by atoms with Crippen molar-refractivity contribution in [2.45, 2.75) is 26.2 Å². The lowest BCUT2D eigenvalue weighted by molar-refractivity contribution is -0.117. The quantitative estimate of drug-likeness (QED) is 0.785. The van der Waals surface area contributed by atoms with Gasteiger partial charge in [-0.15, -0.1) is 0 Å². The third kappa shape index (κ3) is 2.66. The Morgan fingerprint density at radius 2 is 1.57 bits per heavy atom. The van der Waals surface area contributed by atoms with Crippen molar-refractivity contribution in [3.05, 3.63) is 60.2 Å². The minimum Gasteiger partial charge on any atom is -0.300 e. The van der Waals surface area contributed by atoms with E-state index in [9.17, 15) is 9.59 Å². The van der Waals surface area contributed by atoms with Crippen LogP contribution < -0.4 is 0 Å². The van der Waals surface area contributed by atoms with Crippen LogP contribution in [0.3, 0.4) is 0 Å². The first kappa shape index (κ1) is 13.7. The summed E-state index contributed by atoms with van der Waals surface area (Å²) in [6, 6.07) is 17.8. The molecule has 0 aliphatic heterocycles. The number of benzene rings is 2. The van der Waals surface area contributed by atoms with E-state index in [1.54, 1.807) is 0 Å². The van der Waals surface area contributed by atoms with Gasteiger partial charge in [-0.3, -0.25) is 9.59 Å². The summed E-state index contributed by atoms with van der Waals surface area (Å²) in [5, 5.41) is 0. The van der Waals surface area contributed by atoms with Crippen molar-refractivity contribution in [1.29, 1.82) is 0 Å². The molecule has 0 N–H and O–H groups in total. The lowest BCUT2D eigenvalue weighted by atomic mass is 9.80. The van der Waals surface area contributed by atoms with Gasteiger partial charge >= 0.3 is 0 Å². The number of carbonyl (C=O) groups is 2. The predicted molar refractivity (Wildman–Crippen MR) is 83.2 cm³/mol. The summed E-state index contributed by atoms with van der Waals surface area (Å²) in [5.41, 5.74) is 2.43. The van der Waals surface area contributed by atoms with Crippen molar-refractivity contribution in [2.24, 2.45) is 5.41 Å². The van der Waals surface area contributed by atoms with Crippen molar-refractivity contribution in [1.82, 2.24) is 0 Å². The number of ketones is 2. The summed E-state index contributed by atoms with van der Waals surface area (Å²) in [7, 11) is 0. The molecule has 3 rings (SSSR count). The lowest BCUT2D eigenvalue weighted by Gasteiger charge is -2.20. The highest BCUT2D eigenvalue weighted by Crippen LogP contribution is 2.38. The molecule has 106 valence electrons. The molecule has 0 heterocycles. The summed E-state index contributed by atoms with van der Waals surface area (Å²) in [4.78, 5) is 24.1. The monoisotopic (exact) mass is 278 g/mol. The normalized spacial score (nSPS) is 21.5. The van der Waals surface area contributed by atoms with Gasteiger partial charge in [0.15, 0.2) is 5.78 Å². The van der Waals surface area contributed by atoms with Gasteiger partial charge in [0.2, 0.25) is 0 Å². The number of rotatable bonds is 3. The molecule has 2 nitrogen and oxygen atoms in total. The highest BCUT2D eigenvalue weighted by atomic mass is 16.1. The van der Waals surface area contributed by atoms with Gasteiger partial charge in [0.1, 0.15) is 5.78 Å². The van der Waals surface area contributed by atoms with E-state index in [-0.39, 0.29) is 11.6 Å². The van der Waals surface area contributed by atoms with Crippen molar-refractivity contribution in [2.75, 3.05) is 0 Å². The zero-order chi connectivity index (χ0) is 14.9. The fourth-order valence-corrected chi connectivity index (χ4v) is 3.01. The molecule has 0 radical (unpaired) electrons. The average molecular weight is 278 g/mol. The van der Waals surface area contributed by atoms with Crippen LogP contribution in [0.25, 0.3) is 11.1 Å². The second-order valence-corrected chi connectivity index (χ2v) is 6.05. The molecule has 0 amide bonds. The van der Waals surface area contributed by atoms with Gasteiger partial charge < -0.3 is 0 Å². The van der Waals surface area contributed by atoms with E-state index in [2.05, 4.69) is 0 Å². The molecule has 0 spiro atoms. The Balaban J connectivity index is 1.85. The maximum Gasteiger partial charge on any atom is 0.169 e. The zero-order valence-electron chi connectivity index (χ0n) is 12.1. The third-order valence-electron chi connectivity index (χ3n) is 4.35. The first-order valence-electron chi connectivity index (χ1n) is 7.30. The molecule has 21 heavy (non-hydrogen) atoms. The fourth-order valence-electron chi connectivity index (χ4n) is 3.01. The van der Waals surface area contributed by atoms with Crippen LogP contribution in [-0.4, -0.2) is 11.6 Å². The molecule has 1 unspecified atom stereocenters. The third-order valence-corrected chi connectivity index (χ3v) is 4.35. The smallest absolute Gasteiger partial charge is 0.169 e. The van der Waals surface area contributed by atoms with E-state index in [1.807, 2.05) is 61.5 Å². The van der Waals surface area contributed by atoms with E-state index in [4.69, 9.17) is 0 Å². The molecular weight excluding hydrogens is 260 g/mol. The number of Topliss-reactive ketones (excluding diaryl/α,β-unsaturated/α-hetero) is 2. The number of hydrogen-bond donors (Lipinski definition) is 0. The van der Waals surface area contributed by atoms with Gasteiger partial charge in [-0.25, -0.2) is 0 Å². The molecule has 0 bridgehead atoms. The van der Waals surface area contributed by atoms with Crippen LogP contribution >= 0.6 is 0 Å². The highest BCUT2D eigenvalue weighted by Gasteiger charge is 2.40. The Hall–Kier alpha value is -2.22. The summed E-state index contributed by atoms with van der Waals surface area (Å²) in [6.07, 6.45) is 1.59. The molecule has 2 aromatic carbocycles. The van der Waals surface area contributed by atoms with Crippen LogP contribution in [0.2, 0.25) is 0 Å². The van der Waals surface area contributed by atoms with Crippen LogP contribution in [0.4, 0.5) is 0 Å². The molecule has 1 saturated carbocycles. The topological polar surface area (TPSA) is 34.1 Å². The summed E-state index contributed by atoms with van der Waals surface area (Å²) < 4.78 is 0. The van der Waals surface area contributed by atoms with Crippen molar-refractivity contribution in [3.63, 3.8) is 0 Å². The minimum atomic E-state index is -0.509. The second-order valence-electron chi connectivity index (χ2n) is 6.05. The van der Waals surface area contributed by atoms with Gasteiger partial charge in [0.05, 0.1) is 0 Å². The predicted octanol–water partition coefficient (Wildman–Crippen LogP) is 4.30. The Bertz CT molecular complexity index is 670. The van der Waals surface area contributed by atoms with Gasteiger partial charge in [-0.1, -0.05) is 61.5 Å². The van der Waals surface area contributed by atoms with E-state index < -0.39 is 5.41 Å². The van der Waals surface area contributed by atoms with Gasteiger partial charge in [-0.2, -0.15) is 0 Å². The minimum absolute atomic E-state index is 0.0907. The van der Waals surface area contributed by atoms with Crippen molar-refractivity contribution < 1.29 is 9.59 Å². The molecule has 0 aromatic heterocycles. The Morgan fingerprint density at radius 1 is 0.952 bits per heavy atom. The molecule has 1 fully saturated rings. The van der Waals surface area contributed by atoms with E-state index >= 15 is 0 Å². The molecule has 1 atom stereocenters. The average Bonchev–Trinajstić information content (AvgIpc) is 2.88. The fraction of sp³-hybridized carbons (Fsp3) is 0.263. The Morgan fingerprint density at radius 3 is 2.14 bits per heavy atom.